The standard InChI is InChI=1S/C5H13N3/c1-4-2-7-3-5(6)8-4/h4-5,7-8H,2-3,6H2,1H3. The van der Waals surface area contributed by atoms with E-state index in [9.17, 15) is 0 Å². The van der Waals surface area contributed by atoms with Crippen molar-refractivity contribution in [1.82, 2.24) is 10.6 Å². The van der Waals surface area contributed by atoms with Crippen LogP contribution in [-0.2, 0) is 0 Å². The van der Waals surface area contributed by atoms with Crippen LogP contribution in [-0.4, -0.2) is 25.3 Å². The predicted molar refractivity (Wildman–Crippen MR) is 33.4 cm³/mol. The van der Waals surface area contributed by atoms with Gasteiger partial charge in [-0.15, -0.1) is 0 Å². The average molecular weight is 115 g/mol. The average Bonchev–Trinajstić information content (AvgIpc) is 1.64. The van der Waals surface area contributed by atoms with Gasteiger partial charge in [-0.3, -0.25) is 5.32 Å². The van der Waals surface area contributed by atoms with E-state index in [1.54, 1.807) is 0 Å². The van der Waals surface area contributed by atoms with E-state index in [1.165, 1.54) is 0 Å². The highest BCUT2D eigenvalue weighted by atomic mass is 15.1. The Kier molecular flexibility index (Phi) is 1.83. The van der Waals surface area contributed by atoms with Crippen molar-refractivity contribution in [2.45, 2.75) is 19.1 Å². The van der Waals surface area contributed by atoms with E-state index in [0.29, 0.717) is 6.04 Å². The van der Waals surface area contributed by atoms with Gasteiger partial charge in [0.2, 0.25) is 0 Å². The first-order valence-corrected chi connectivity index (χ1v) is 3.01. The van der Waals surface area contributed by atoms with Crippen LogP contribution in [0.2, 0.25) is 0 Å². The van der Waals surface area contributed by atoms with Gasteiger partial charge >= 0.3 is 0 Å². The number of hydrogen-bond donors (Lipinski definition) is 3. The summed E-state index contributed by atoms with van der Waals surface area (Å²) in [7, 11) is 0. The Hall–Kier alpha value is -0.120. The van der Waals surface area contributed by atoms with E-state index < -0.39 is 0 Å². The topological polar surface area (TPSA) is 50.1 Å². The summed E-state index contributed by atoms with van der Waals surface area (Å²) < 4.78 is 0. The van der Waals surface area contributed by atoms with Crippen molar-refractivity contribution in [3.05, 3.63) is 0 Å². The first-order valence-electron chi connectivity index (χ1n) is 3.01. The molecular weight excluding hydrogens is 102 g/mol. The molecule has 4 N–H and O–H groups in total. The molecule has 1 fully saturated rings. The number of nitrogens with two attached hydrogens (primary N) is 1. The number of hydrogen-bond acceptors (Lipinski definition) is 3. The smallest absolute Gasteiger partial charge is 0.0677 e. The molecule has 1 saturated heterocycles. The second-order valence-electron chi connectivity index (χ2n) is 2.33. The van der Waals surface area contributed by atoms with Gasteiger partial charge in [-0.05, 0) is 6.92 Å². The Morgan fingerprint density at radius 3 is 2.62 bits per heavy atom. The van der Waals surface area contributed by atoms with Gasteiger partial charge in [0.25, 0.3) is 0 Å². The summed E-state index contributed by atoms with van der Waals surface area (Å²) in [6.07, 6.45) is 0.152. The minimum Gasteiger partial charge on any atom is -0.315 e. The van der Waals surface area contributed by atoms with E-state index in [2.05, 4.69) is 17.6 Å². The molecule has 0 amide bonds. The molecule has 48 valence electrons. The highest BCUT2D eigenvalue weighted by Gasteiger charge is 2.11. The lowest BCUT2D eigenvalue weighted by atomic mass is 10.2. The Bertz CT molecular complexity index is 66.1. The normalized spacial score (nSPS) is 39.8. The van der Waals surface area contributed by atoms with Crippen molar-refractivity contribution >= 4 is 0 Å². The molecule has 0 spiro atoms. The van der Waals surface area contributed by atoms with Crippen LogP contribution in [0, 0.1) is 0 Å². The Labute approximate surface area is 49.6 Å². The summed E-state index contributed by atoms with van der Waals surface area (Å²) in [5.74, 6) is 0. The van der Waals surface area contributed by atoms with Gasteiger partial charge in [0.15, 0.2) is 0 Å². The fraction of sp³-hybridized carbons (Fsp3) is 1.00. The van der Waals surface area contributed by atoms with Gasteiger partial charge in [0.1, 0.15) is 0 Å². The van der Waals surface area contributed by atoms with Gasteiger partial charge in [0.05, 0.1) is 6.17 Å². The summed E-state index contributed by atoms with van der Waals surface area (Å²) in [6.45, 7) is 4.05. The number of nitrogens with one attached hydrogen (secondary N) is 2. The maximum Gasteiger partial charge on any atom is 0.0677 e. The molecule has 1 aliphatic rings. The molecule has 0 bridgehead atoms. The lowest BCUT2D eigenvalue weighted by molar-refractivity contribution is 0.360. The molecule has 3 nitrogen and oxygen atoms in total. The molecular formula is C5H13N3. The monoisotopic (exact) mass is 115 g/mol. The maximum atomic E-state index is 5.55. The molecule has 2 unspecified atom stereocenters. The third-order valence-corrected chi connectivity index (χ3v) is 1.31. The molecule has 0 aromatic heterocycles. The van der Waals surface area contributed by atoms with E-state index >= 15 is 0 Å². The molecule has 0 aromatic carbocycles. The van der Waals surface area contributed by atoms with Crippen LogP contribution in [0.5, 0.6) is 0 Å². The summed E-state index contributed by atoms with van der Waals surface area (Å²) in [5.41, 5.74) is 5.55. The largest absolute Gasteiger partial charge is 0.315 e. The van der Waals surface area contributed by atoms with Crippen molar-refractivity contribution in [1.29, 1.82) is 0 Å². The summed E-state index contributed by atoms with van der Waals surface area (Å²) in [5, 5.41) is 6.39. The van der Waals surface area contributed by atoms with E-state index in [1.807, 2.05) is 0 Å². The maximum absolute atomic E-state index is 5.55. The fourth-order valence-corrected chi connectivity index (χ4v) is 0.939. The Morgan fingerprint density at radius 2 is 2.25 bits per heavy atom. The van der Waals surface area contributed by atoms with Crippen LogP contribution >= 0.6 is 0 Å². The van der Waals surface area contributed by atoms with Gasteiger partial charge in [-0.1, -0.05) is 0 Å². The molecule has 3 heteroatoms. The summed E-state index contributed by atoms with van der Waals surface area (Å²) in [4.78, 5) is 0. The van der Waals surface area contributed by atoms with Crippen molar-refractivity contribution in [2.24, 2.45) is 5.73 Å². The van der Waals surface area contributed by atoms with Crippen LogP contribution in [0.4, 0.5) is 0 Å². The lowest BCUT2D eigenvalue weighted by Crippen LogP contribution is -2.57. The van der Waals surface area contributed by atoms with E-state index in [0.717, 1.165) is 13.1 Å². The highest BCUT2D eigenvalue weighted by Crippen LogP contribution is 1.85. The SMILES string of the molecule is CC1CNCC(N)N1. The van der Waals surface area contributed by atoms with E-state index in [-0.39, 0.29) is 6.17 Å². The Morgan fingerprint density at radius 1 is 1.50 bits per heavy atom. The van der Waals surface area contributed by atoms with Crippen LogP contribution < -0.4 is 16.4 Å². The van der Waals surface area contributed by atoms with Crippen molar-refractivity contribution in [3.63, 3.8) is 0 Å². The molecule has 0 aliphatic carbocycles. The zero-order valence-electron chi connectivity index (χ0n) is 5.15. The fourth-order valence-electron chi connectivity index (χ4n) is 0.939. The lowest BCUT2D eigenvalue weighted by Gasteiger charge is -2.26. The van der Waals surface area contributed by atoms with Crippen LogP contribution in [0.25, 0.3) is 0 Å². The molecule has 1 rings (SSSR count). The molecule has 2 atom stereocenters. The number of rotatable bonds is 0. The molecule has 0 aromatic rings. The predicted octanol–water partition coefficient (Wildman–Crippen LogP) is -1.15. The van der Waals surface area contributed by atoms with Crippen molar-refractivity contribution in [2.75, 3.05) is 13.1 Å². The zero-order chi connectivity index (χ0) is 5.98. The van der Waals surface area contributed by atoms with Crippen LogP contribution in [0.1, 0.15) is 6.92 Å². The van der Waals surface area contributed by atoms with Gasteiger partial charge in [0, 0.05) is 19.1 Å². The first kappa shape index (κ1) is 6.01. The number of piperazine rings is 1. The summed E-state index contributed by atoms with van der Waals surface area (Å²) >= 11 is 0. The minimum atomic E-state index is 0.152. The molecule has 1 heterocycles. The van der Waals surface area contributed by atoms with Gasteiger partial charge in [-0.2, -0.15) is 0 Å². The quantitative estimate of drug-likeness (QED) is 0.374. The second kappa shape index (κ2) is 2.44. The molecule has 0 saturated carbocycles. The van der Waals surface area contributed by atoms with Gasteiger partial charge in [-0.25, -0.2) is 0 Å². The van der Waals surface area contributed by atoms with E-state index in [4.69, 9.17) is 5.73 Å². The third-order valence-electron chi connectivity index (χ3n) is 1.31. The molecule has 1 aliphatic heterocycles. The van der Waals surface area contributed by atoms with Crippen molar-refractivity contribution in [3.8, 4) is 0 Å². The Balaban J connectivity index is 2.23. The van der Waals surface area contributed by atoms with Gasteiger partial charge < -0.3 is 11.1 Å². The minimum absolute atomic E-state index is 0.152. The second-order valence-corrected chi connectivity index (χ2v) is 2.33. The summed E-state index contributed by atoms with van der Waals surface area (Å²) in [6, 6.07) is 0.527. The van der Waals surface area contributed by atoms with Crippen molar-refractivity contribution < 1.29 is 0 Å². The first-order chi connectivity index (χ1) is 3.79. The molecule has 0 radical (unpaired) electrons. The molecule has 8 heavy (non-hydrogen) atoms. The highest BCUT2D eigenvalue weighted by molar-refractivity contribution is 4.75. The zero-order valence-corrected chi connectivity index (χ0v) is 5.15. The van der Waals surface area contributed by atoms with Crippen LogP contribution in [0.15, 0.2) is 0 Å². The van der Waals surface area contributed by atoms with Crippen LogP contribution in [0.3, 0.4) is 0 Å². The third kappa shape index (κ3) is 1.43.